The predicted molar refractivity (Wildman–Crippen MR) is 140 cm³/mol. The molecule has 0 saturated carbocycles. The van der Waals surface area contributed by atoms with E-state index in [1.165, 1.54) is 0 Å². The zero-order valence-corrected chi connectivity index (χ0v) is 20.2. The van der Waals surface area contributed by atoms with Gasteiger partial charge in [0.25, 0.3) is 0 Å². The van der Waals surface area contributed by atoms with Crippen molar-refractivity contribution in [2.75, 3.05) is 7.11 Å². The molecule has 0 saturated heterocycles. The third kappa shape index (κ3) is 7.03. The summed E-state index contributed by atoms with van der Waals surface area (Å²) >= 11 is 0. The minimum atomic E-state index is -0.950. The molecule has 0 aromatic heterocycles. The second kappa shape index (κ2) is 12.3. The van der Waals surface area contributed by atoms with Crippen molar-refractivity contribution in [3.8, 4) is 16.9 Å². The Morgan fingerprint density at radius 3 is 1.97 bits per heavy atom. The molecule has 4 aromatic rings. The molecule has 4 aromatic carbocycles. The number of aliphatic carboxylic acids is 2. The van der Waals surface area contributed by atoms with Crippen LogP contribution in [0.5, 0.6) is 5.75 Å². The van der Waals surface area contributed by atoms with Gasteiger partial charge in [-0.05, 0) is 46.5 Å². The van der Waals surface area contributed by atoms with Crippen LogP contribution < -0.4 is 4.74 Å². The Morgan fingerprint density at radius 2 is 1.36 bits per heavy atom. The summed E-state index contributed by atoms with van der Waals surface area (Å²) in [5.74, 6) is -1.58. The van der Waals surface area contributed by atoms with Crippen molar-refractivity contribution in [3.63, 3.8) is 0 Å². The number of benzene rings is 4. The lowest BCUT2D eigenvalue weighted by atomic mass is 9.98. The molecule has 6 nitrogen and oxygen atoms in total. The fraction of sp³-hybridized carbons (Fsp3) is 0.167. The van der Waals surface area contributed by atoms with Gasteiger partial charge in [0.15, 0.2) is 5.78 Å². The first-order valence-electron chi connectivity index (χ1n) is 11.5. The molecule has 2 N–H and O–H groups in total. The van der Waals surface area contributed by atoms with E-state index in [1.807, 2.05) is 78.9 Å². The van der Waals surface area contributed by atoms with Crippen LogP contribution in [0.1, 0.15) is 41.6 Å². The summed E-state index contributed by atoms with van der Waals surface area (Å²) in [5, 5.41) is 19.6. The molecule has 0 spiro atoms. The molecule has 4 rings (SSSR count). The van der Waals surface area contributed by atoms with E-state index >= 15 is 0 Å². The Balaban J connectivity index is 0.000000202. The number of hydrogen-bond acceptors (Lipinski definition) is 4. The van der Waals surface area contributed by atoms with Crippen LogP contribution in [0, 0.1) is 0 Å². The van der Waals surface area contributed by atoms with E-state index in [-0.39, 0.29) is 18.6 Å². The largest absolute Gasteiger partial charge is 0.497 e. The molecule has 0 aliphatic carbocycles. The highest BCUT2D eigenvalue weighted by atomic mass is 16.5. The zero-order chi connectivity index (χ0) is 26.1. The SMILES string of the molecule is COc1ccc2cc([C@H](C)C(=O)O)ccc2c1.O=C(O)CCC(=O)c1ccc(-c2ccccc2)cc1. The van der Waals surface area contributed by atoms with Crippen LogP contribution in [0.25, 0.3) is 21.9 Å². The van der Waals surface area contributed by atoms with Gasteiger partial charge in [-0.3, -0.25) is 14.4 Å². The molecular formula is C30H28O6. The first kappa shape index (κ1) is 26.2. The Morgan fingerprint density at radius 1 is 0.750 bits per heavy atom. The van der Waals surface area contributed by atoms with Gasteiger partial charge in [0.1, 0.15) is 5.75 Å². The van der Waals surface area contributed by atoms with Gasteiger partial charge in [-0.1, -0.05) is 78.9 Å². The summed E-state index contributed by atoms with van der Waals surface area (Å²) in [6, 6.07) is 28.5. The number of hydrogen-bond donors (Lipinski definition) is 2. The van der Waals surface area contributed by atoms with Gasteiger partial charge < -0.3 is 14.9 Å². The summed E-state index contributed by atoms with van der Waals surface area (Å²) in [6.07, 6.45) is -0.0840. The van der Waals surface area contributed by atoms with Crippen molar-refractivity contribution in [2.24, 2.45) is 0 Å². The maximum atomic E-state index is 11.7. The quantitative estimate of drug-likeness (QED) is 0.279. The topological polar surface area (TPSA) is 101 Å². The molecule has 0 amide bonds. The molecule has 0 unspecified atom stereocenters. The molecule has 0 fully saturated rings. The number of fused-ring (bicyclic) bond motifs is 1. The van der Waals surface area contributed by atoms with E-state index in [4.69, 9.17) is 14.9 Å². The number of ketones is 1. The molecule has 0 radical (unpaired) electrons. The van der Waals surface area contributed by atoms with Crippen LogP contribution >= 0.6 is 0 Å². The molecule has 0 heterocycles. The third-order valence-corrected chi connectivity index (χ3v) is 5.82. The second-order valence-electron chi connectivity index (χ2n) is 8.29. The number of rotatable bonds is 8. The minimum Gasteiger partial charge on any atom is -0.497 e. The highest BCUT2D eigenvalue weighted by molar-refractivity contribution is 5.97. The van der Waals surface area contributed by atoms with Gasteiger partial charge in [-0.2, -0.15) is 0 Å². The molecule has 1 atom stereocenters. The zero-order valence-electron chi connectivity index (χ0n) is 20.2. The van der Waals surface area contributed by atoms with Gasteiger partial charge >= 0.3 is 11.9 Å². The van der Waals surface area contributed by atoms with E-state index in [0.29, 0.717) is 5.56 Å². The number of carboxylic acids is 2. The van der Waals surface area contributed by atoms with Gasteiger partial charge in [0.05, 0.1) is 19.4 Å². The highest BCUT2D eigenvalue weighted by Gasteiger charge is 2.13. The van der Waals surface area contributed by atoms with Gasteiger partial charge in [-0.25, -0.2) is 0 Å². The fourth-order valence-corrected chi connectivity index (χ4v) is 3.63. The van der Waals surface area contributed by atoms with Crippen LogP contribution in [-0.4, -0.2) is 35.0 Å². The Hall–Kier alpha value is -4.45. The van der Waals surface area contributed by atoms with Crippen molar-refractivity contribution >= 4 is 28.5 Å². The first-order chi connectivity index (χ1) is 17.3. The Labute approximate surface area is 209 Å². The van der Waals surface area contributed by atoms with Crippen LogP contribution in [-0.2, 0) is 9.59 Å². The number of ether oxygens (including phenoxy) is 1. The molecule has 0 aliphatic rings. The van der Waals surface area contributed by atoms with E-state index in [2.05, 4.69) is 0 Å². The molecule has 0 aliphatic heterocycles. The lowest BCUT2D eigenvalue weighted by Crippen LogP contribution is -2.06. The number of methoxy groups -OCH3 is 1. The van der Waals surface area contributed by atoms with Crippen LogP contribution in [0.4, 0.5) is 0 Å². The summed E-state index contributed by atoms with van der Waals surface area (Å²) in [5.41, 5.74) is 3.50. The standard InChI is InChI=1S/C16H14O3.C14H14O3/c17-15(10-11-16(18)19)14-8-6-13(7-9-14)12-4-2-1-3-5-12;1-9(14(15)16)10-3-4-12-8-13(17-2)6-5-11(12)7-10/h1-9H,10-11H2,(H,18,19);3-9H,1-2H3,(H,15,16)/t;9-/m.0/s1. The summed E-state index contributed by atoms with van der Waals surface area (Å²) in [6.45, 7) is 1.69. The minimum absolute atomic E-state index is 0.0417. The fourth-order valence-electron chi connectivity index (χ4n) is 3.63. The van der Waals surface area contributed by atoms with Crippen molar-refractivity contribution in [2.45, 2.75) is 25.7 Å². The lowest BCUT2D eigenvalue weighted by Gasteiger charge is -2.08. The van der Waals surface area contributed by atoms with Crippen molar-refractivity contribution in [3.05, 3.63) is 102 Å². The van der Waals surface area contributed by atoms with E-state index < -0.39 is 17.9 Å². The van der Waals surface area contributed by atoms with Crippen molar-refractivity contribution in [1.29, 1.82) is 0 Å². The number of carbonyl (C=O) groups excluding carboxylic acids is 1. The average molecular weight is 485 g/mol. The molecular weight excluding hydrogens is 456 g/mol. The molecule has 6 heteroatoms. The van der Waals surface area contributed by atoms with Gasteiger partial charge in [0.2, 0.25) is 0 Å². The summed E-state index contributed by atoms with van der Waals surface area (Å²) < 4.78 is 5.14. The average Bonchev–Trinajstić information content (AvgIpc) is 2.91. The lowest BCUT2D eigenvalue weighted by molar-refractivity contribution is -0.138. The Kier molecular flexibility index (Phi) is 8.95. The van der Waals surface area contributed by atoms with Crippen LogP contribution in [0.3, 0.4) is 0 Å². The van der Waals surface area contributed by atoms with Gasteiger partial charge in [-0.15, -0.1) is 0 Å². The van der Waals surface area contributed by atoms with Crippen LogP contribution in [0.2, 0.25) is 0 Å². The monoisotopic (exact) mass is 484 g/mol. The van der Waals surface area contributed by atoms with Crippen LogP contribution in [0.15, 0.2) is 91.0 Å². The molecule has 184 valence electrons. The van der Waals surface area contributed by atoms with Crippen molar-refractivity contribution in [1.82, 2.24) is 0 Å². The summed E-state index contributed by atoms with van der Waals surface area (Å²) in [7, 11) is 1.63. The molecule has 36 heavy (non-hydrogen) atoms. The smallest absolute Gasteiger partial charge is 0.310 e. The normalized spacial score (nSPS) is 11.2. The van der Waals surface area contributed by atoms with E-state index in [9.17, 15) is 14.4 Å². The second-order valence-corrected chi connectivity index (χ2v) is 8.29. The first-order valence-corrected chi connectivity index (χ1v) is 11.5. The Bertz CT molecular complexity index is 1340. The summed E-state index contributed by atoms with van der Waals surface area (Å²) in [4.78, 5) is 33.1. The maximum Gasteiger partial charge on any atom is 0.310 e. The number of carbonyl (C=O) groups is 3. The highest BCUT2D eigenvalue weighted by Crippen LogP contribution is 2.25. The third-order valence-electron chi connectivity index (χ3n) is 5.82. The molecule has 0 bridgehead atoms. The number of Topliss-reactive ketones (excluding diaryl/α,β-unsaturated/α-hetero) is 1. The van der Waals surface area contributed by atoms with E-state index in [1.54, 1.807) is 26.2 Å². The van der Waals surface area contributed by atoms with Gasteiger partial charge in [0, 0.05) is 12.0 Å². The maximum absolute atomic E-state index is 11.7. The number of carboxylic acid groups (broad SMARTS) is 2. The predicted octanol–water partition coefficient (Wildman–Crippen LogP) is 6.44. The van der Waals surface area contributed by atoms with Crippen molar-refractivity contribution < 1.29 is 29.3 Å². The van der Waals surface area contributed by atoms with E-state index in [0.717, 1.165) is 33.2 Å².